The Morgan fingerprint density at radius 2 is 1.71 bits per heavy atom. The second-order valence-corrected chi connectivity index (χ2v) is 9.31. The molecule has 1 aromatic heterocycles. The summed E-state index contributed by atoms with van der Waals surface area (Å²) in [5, 5.41) is 41.8. The lowest BCUT2D eigenvalue weighted by Gasteiger charge is -2.40. The largest absolute Gasteiger partial charge is 0.394 e. The van der Waals surface area contributed by atoms with Crippen LogP contribution in [0.5, 0.6) is 0 Å². The first kappa shape index (κ1) is 22.3. The fourth-order valence-electron chi connectivity index (χ4n) is 4.25. The van der Waals surface area contributed by atoms with Gasteiger partial charge in [-0.1, -0.05) is 36.9 Å². The van der Waals surface area contributed by atoms with Crippen LogP contribution in [0, 0.1) is 13.8 Å². The molecule has 0 unspecified atom stereocenters. The molecule has 1 aliphatic heterocycles. The van der Waals surface area contributed by atoms with Gasteiger partial charge in [-0.15, -0.1) is 0 Å². The van der Waals surface area contributed by atoms with Crippen molar-refractivity contribution in [3.8, 4) is 0 Å². The third-order valence-electron chi connectivity index (χ3n) is 5.94. The minimum Gasteiger partial charge on any atom is -0.394 e. The fraction of sp³-hybridized carbons (Fsp3) is 0.417. The Labute approximate surface area is 186 Å². The summed E-state index contributed by atoms with van der Waals surface area (Å²) >= 11 is 1.63. The van der Waals surface area contributed by atoms with Gasteiger partial charge in [0.1, 0.15) is 24.4 Å². The Hall–Kier alpha value is -1.87. The van der Waals surface area contributed by atoms with Crippen molar-refractivity contribution in [2.24, 2.45) is 0 Å². The standard InChI is InChI=1S/C24H29NO5S/c1-4-15-5-7-16(8-6-15)31-19-11-25(17-10-13(2)9-14(3)20(17)19)24-23(29)22(28)21(27)18(12-26)30-24/h5-11,18,21-24,26-29H,4,12H2,1-3H3/t18-,21-,22+,23-,24-/m1/s1. The van der Waals surface area contributed by atoms with Gasteiger partial charge in [-0.3, -0.25) is 0 Å². The average Bonchev–Trinajstić information content (AvgIpc) is 3.11. The summed E-state index contributed by atoms with van der Waals surface area (Å²) in [5.74, 6) is 0. The van der Waals surface area contributed by atoms with E-state index in [1.807, 2.05) is 19.2 Å². The van der Waals surface area contributed by atoms with Crippen LogP contribution < -0.4 is 0 Å². The van der Waals surface area contributed by atoms with Crippen LogP contribution >= 0.6 is 11.8 Å². The third-order valence-corrected chi connectivity index (χ3v) is 6.98. The summed E-state index contributed by atoms with van der Waals surface area (Å²) in [6.45, 7) is 5.73. The van der Waals surface area contributed by atoms with E-state index >= 15 is 0 Å². The number of aliphatic hydroxyl groups is 4. The van der Waals surface area contributed by atoms with Gasteiger partial charge in [0.2, 0.25) is 0 Å². The number of nitrogens with zero attached hydrogens (tertiary/aromatic N) is 1. The Bertz CT molecular complexity index is 1060. The Balaban J connectivity index is 1.80. The van der Waals surface area contributed by atoms with Crippen LogP contribution in [0.2, 0.25) is 0 Å². The maximum Gasteiger partial charge on any atom is 0.163 e. The highest BCUT2D eigenvalue weighted by molar-refractivity contribution is 7.99. The number of rotatable bonds is 5. The van der Waals surface area contributed by atoms with Gasteiger partial charge in [0, 0.05) is 21.4 Å². The number of aromatic nitrogens is 1. The van der Waals surface area contributed by atoms with Crippen molar-refractivity contribution in [1.82, 2.24) is 4.57 Å². The van der Waals surface area contributed by atoms with E-state index in [0.717, 1.165) is 38.2 Å². The molecule has 4 rings (SSSR count). The molecule has 0 amide bonds. The number of hydrogen-bond acceptors (Lipinski definition) is 6. The van der Waals surface area contributed by atoms with E-state index in [1.54, 1.807) is 16.3 Å². The van der Waals surface area contributed by atoms with Crippen LogP contribution in [0.4, 0.5) is 0 Å². The lowest BCUT2D eigenvalue weighted by Crippen LogP contribution is -2.56. The monoisotopic (exact) mass is 443 g/mol. The predicted molar refractivity (Wildman–Crippen MR) is 120 cm³/mol. The molecule has 0 spiro atoms. The van der Waals surface area contributed by atoms with E-state index < -0.39 is 37.3 Å². The predicted octanol–water partition coefficient (Wildman–Crippen LogP) is 2.94. The minimum absolute atomic E-state index is 0.454. The number of fused-ring (bicyclic) bond motifs is 1. The van der Waals surface area contributed by atoms with Gasteiger partial charge in [-0.25, -0.2) is 0 Å². The van der Waals surface area contributed by atoms with Crippen LogP contribution in [0.25, 0.3) is 10.9 Å². The van der Waals surface area contributed by atoms with Crippen LogP contribution in [0.1, 0.15) is 29.8 Å². The zero-order valence-electron chi connectivity index (χ0n) is 17.9. The minimum atomic E-state index is -1.42. The van der Waals surface area contributed by atoms with E-state index in [0.29, 0.717) is 0 Å². The number of hydrogen-bond donors (Lipinski definition) is 4. The Morgan fingerprint density at radius 1 is 1.00 bits per heavy atom. The SMILES string of the molecule is CCc1ccc(Sc2cn([C@@H]3O[C@H](CO)[C@@H](O)[C@H](O)[C@H]3O)c3cc(C)cc(C)c23)cc1. The van der Waals surface area contributed by atoms with Crippen molar-refractivity contribution in [3.63, 3.8) is 0 Å². The molecule has 0 aliphatic carbocycles. The smallest absolute Gasteiger partial charge is 0.163 e. The lowest BCUT2D eigenvalue weighted by atomic mass is 9.98. The summed E-state index contributed by atoms with van der Waals surface area (Å²) in [6, 6.07) is 12.6. The maximum atomic E-state index is 10.7. The van der Waals surface area contributed by atoms with Crippen molar-refractivity contribution in [2.75, 3.05) is 6.61 Å². The summed E-state index contributed by atoms with van der Waals surface area (Å²) in [6.07, 6.45) is -3.12. The molecule has 1 aliphatic rings. The van der Waals surface area contributed by atoms with Gasteiger partial charge in [0.25, 0.3) is 0 Å². The molecule has 7 heteroatoms. The normalized spacial score (nSPS) is 26.5. The Kier molecular flexibility index (Phi) is 6.44. The molecule has 1 fully saturated rings. The molecule has 2 heterocycles. The quantitative estimate of drug-likeness (QED) is 0.484. The number of aryl methyl sites for hydroxylation is 3. The summed E-state index contributed by atoms with van der Waals surface area (Å²) in [4.78, 5) is 2.11. The molecule has 5 atom stereocenters. The summed E-state index contributed by atoms with van der Waals surface area (Å²) < 4.78 is 7.65. The second kappa shape index (κ2) is 8.94. The van der Waals surface area contributed by atoms with Crippen LogP contribution in [0.15, 0.2) is 52.4 Å². The molecule has 0 saturated carbocycles. The van der Waals surface area contributed by atoms with Gasteiger partial charge >= 0.3 is 0 Å². The van der Waals surface area contributed by atoms with Gasteiger partial charge < -0.3 is 29.7 Å². The second-order valence-electron chi connectivity index (χ2n) is 8.20. The van der Waals surface area contributed by atoms with Crippen molar-refractivity contribution in [1.29, 1.82) is 0 Å². The van der Waals surface area contributed by atoms with Crippen LogP contribution in [0.3, 0.4) is 0 Å². The van der Waals surface area contributed by atoms with E-state index in [9.17, 15) is 20.4 Å². The van der Waals surface area contributed by atoms with Gasteiger partial charge in [0.15, 0.2) is 6.23 Å². The van der Waals surface area contributed by atoms with E-state index in [-0.39, 0.29) is 0 Å². The van der Waals surface area contributed by atoms with E-state index in [1.165, 1.54) is 5.56 Å². The van der Waals surface area contributed by atoms with E-state index in [4.69, 9.17) is 4.74 Å². The zero-order chi connectivity index (χ0) is 22.3. The summed E-state index contributed by atoms with van der Waals surface area (Å²) in [5.41, 5.74) is 4.32. The van der Waals surface area contributed by atoms with Gasteiger partial charge in [-0.2, -0.15) is 0 Å². The van der Waals surface area contributed by atoms with Crippen molar-refractivity contribution in [2.45, 2.75) is 67.6 Å². The molecule has 0 radical (unpaired) electrons. The molecule has 1 saturated heterocycles. The highest BCUT2D eigenvalue weighted by Gasteiger charge is 2.44. The van der Waals surface area contributed by atoms with Gasteiger partial charge in [-0.05, 0) is 55.2 Å². The van der Waals surface area contributed by atoms with E-state index in [2.05, 4.69) is 44.2 Å². The third kappa shape index (κ3) is 4.14. The first-order valence-corrected chi connectivity index (χ1v) is 11.3. The van der Waals surface area contributed by atoms with Gasteiger partial charge in [0.05, 0.1) is 12.1 Å². The van der Waals surface area contributed by atoms with Crippen molar-refractivity contribution < 1.29 is 25.2 Å². The molecule has 4 N–H and O–H groups in total. The number of ether oxygens (including phenoxy) is 1. The average molecular weight is 444 g/mol. The van der Waals surface area contributed by atoms with Crippen LogP contribution in [-0.2, 0) is 11.2 Å². The lowest BCUT2D eigenvalue weighted by molar-refractivity contribution is -0.250. The first-order valence-electron chi connectivity index (χ1n) is 10.5. The number of aliphatic hydroxyl groups excluding tert-OH is 4. The summed E-state index contributed by atoms with van der Waals surface area (Å²) in [7, 11) is 0. The maximum absolute atomic E-state index is 10.7. The van der Waals surface area contributed by atoms with Crippen molar-refractivity contribution >= 4 is 22.7 Å². The first-order chi connectivity index (χ1) is 14.8. The fourth-order valence-corrected chi connectivity index (χ4v) is 5.31. The molecule has 31 heavy (non-hydrogen) atoms. The molecule has 0 bridgehead atoms. The topological polar surface area (TPSA) is 95.1 Å². The zero-order valence-corrected chi connectivity index (χ0v) is 18.7. The molecular weight excluding hydrogens is 414 g/mol. The Morgan fingerprint density at radius 3 is 2.35 bits per heavy atom. The molecule has 3 aromatic rings. The number of benzene rings is 2. The molecule has 6 nitrogen and oxygen atoms in total. The molecule has 166 valence electrons. The van der Waals surface area contributed by atoms with Crippen LogP contribution in [-0.4, -0.2) is 56.0 Å². The highest BCUT2D eigenvalue weighted by Crippen LogP contribution is 2.40. The highest BCUT2D eigenvalue weighted by atomic mass is 32.2. The molecule has 2 aromatic carbocycles. The molecular formula is C24H29NO5S. The van der Waals surface area contributed by atoms with Crippen molar-refractivity contribution in [3.05, 3.63) is 59.3 Å².